The van der Waals surface area contributed by atoms with Crippen molar-refractivity contribution in [3.63, 3.8) is 0 Å². The van der Waals surface area contributed by atoms with E-state index in [-0.39, 0.29) is 22.6 Å². The van der Waals surface area contributed by atoms with Crippen molar-refractivity contribution in [2.24, 2.45) is 5.92 Å². The predicted octanol–water partition coefficient (Wildman–Crippen LogP) is 3.20. The molecule has 3 rings (SSSR count). The number of fused-ring (bicyclic) bond motifs is 1. The molecule has 1 heterocycles. The molecule has 128 valence electrons. The topological polar surface area (TPSA) is 74.7 Å². The minimum absolute atomic E-state index is 0.0292. The number of carbonyl (C=O) groups is 3. The van der Waals surface area contributed by atoms with Gasteiger partial charge in [-0.2, -0.15) is 0 Å². The molecule has 7 heteroatoms. The summed E-state index contributed by atoms with van der Waals surface area (Å²) in [5.41, 5.74) is 1.07. The highest BCUT2D eigenvalue weighted by Gasteiger charge is 2.38. The molecule has 1 unspecified atom stereocenters. The summed E-state index contributed by atoms with van der Waals surface area (Å²) in [4.78, 5) is 37.8. The molecular weight excluding hydrogens is 349 g/mol. The van der Waals surface area contributed by atoms with Crippen LogP contribution in [0.2, 0.25) is 5.02 Å². The fraction of sp³-hybridized carbons (Fsp3) is 0.167. The Labute approximate surface area is 147 Å². The van der Waals surface area contributed by atoms with Gasteiger partial charge in [-0.3, -0.25) is 9.59 Å². The lowest BCUT2D eigenvalue weighted by molar-refractivity contribution is -0.120. The molecule has 0 saturated carbocycles. The summed E-state index contributed by atoms with van der Waals surface area (Å²) in [6.45, 7) is 0. The third-order valence-corrected chi connectivity index (χ3v) is 4.53. The van der Waals surface area contributed by atoms with Gasteiger partial charge in [-0.15, -0.1) is 0 Å². The van der Waals surface area contributed by atoms with E-state index in [0.717, 1.165) is 0 Å². The number of hydrogen-bond donors (Lipinski definition) is 1. The van der Waals surface area contributed by atoms with Gasteiger partial charge in [0.25, 0.3) is 0 Å². The lowest BCUT2D eigenvalue weighted by Crippen LogP contribution is -2.43. The Balaban J connectivity index is 2.00. The number of Topliss-reactive ketones (excluding diaryl/α,β-unsaturated/α-hetero) is 1. The number of amides is 1. The van der Waals surface area contributed by atoms with Gasteiger partial charge in [-0.1, -0.05) is 17.7 Å². The molecule has 0 spiro atoms. The minimum Gasteiger partial charge on any atom is -0.478 e. The molecule has 0 aliphatic carbocycles. The van der Waals surface area contributed by atoms with Crippen LogP contribution in [0.1, 0.15) is 26.3 Å². The SMILES string of the molecule is CN1C(=O)C(Cc2ccc(F)c(Cl)c2)C(=O)c2cc(C(=O)O)ccc21. The molecule has 0 bridgehead atoms. The average Bonchev–Trinajstić information content (AvgIpc) is 2.59. The number of benzene rings is 2. The Morgan fingerprint density at radius 1 is 1.24 bits per heavy atom. The summed E-state index contributed by atoms with van der Waals surface area (Å²) in [5, 5.41) is 9.02. The van der Waals surface area contributed by atoms with Gasteiger partial charge in [0, 0.05) is 12.6 Å². The van der Waals surface area contributed by atoms with Crippen LogP contribution < -0.4 is 4.90 Å². The first-order valence-electron chi connectivity index (χ1n) is 7.42. The molecule has 1 atom stereocenters. The second-order valence-electron chi connectivity index (χ2n) is 5.80. The number of nitrogens with zero attached hydrogens (tertiary/aromatic N) is 1. The van der Waals surface area contributed by atoms with Crippen LogP contribution >= 0.6 is 11.6 Å². The first-order valence-corrected chi connectivity index (χ1v) is 7.80. The Hall–Kier alpha value is -2.73. The fourth-order valence-electron chi connectivity index (χ4n) is 2.89. The maximum atomic E-state index is 13.3. The highest BCUT2D eigenvalue weighted by molar-refractivity contribution is 6.30. The molecule has 0 saturated heterocycles. The maximum absolute atomic E-state index is 13.3. The standard InChI is InChI=1S/C18H13ClFNO4/c1-21-15-5-3-10(18(24)25)8-11(15)16(22)12(17(21)23)6-9-2-4-14(20)13(19)7-9/h2-5,7-8,12H,6H2,1H3,(H,24,25). The van der Waals surface area contributed by atoms with Gasteiger partial charge in [-0.25, -0.2) is 9.18 Å². The Bertz CT molecular complexity index is 912. The first kappa shape index (κ1) is 17.1. The van der Waals surface area contributed by atoms with Crippen molar-refractivity contribution in [3.8, 4) is 0 Å². The highest BCUT2D eigenvalue weighted by atomic mass is 35.5. The van der Waals surface area contributed by atoms with E-state index >= 15 is 0 Å². The number of rotatable bonds is 3. The van der Waals surface area contributed by atoms with Crippen LogP contribution in [0.15, 0.2) is 36.4 Å². The predicted molar refractivity (Wildman–Crippen MR) is 89.7 cm³/mol. The lowest BCUT2D eigenvalue weighted by atomic mass is 9.85. The number of carboxylic acids is 1. The number of carboxylic acid groups (broad SMARTS) is 1. The molecule has 0 fully saturated rings. The van der Waals surface area contributed by atoms with Crippen LogP contribution in [-0.4, -0.2) is 29.8 Å². The van der Waals surface area contributed by atoms with Crippen LogP contribution in [0.25, 0.3) is 0 Å². The van der Waals surface area contributed by atoms with Crippen molar-refractivity contribution in [1.29, 1.82) is 0 Å². The van der Waals surface area contributed by atoms with Crippen molar-refractivity contribution >= 4 is 34.9 Å². The summed E-state index contributed by atoms with van der Waals surface area (Å²) >= 11 is 5.75. The van der Waals surface area contributed by atoms with E-state index in [0.29, 0.717) is 11.3 Å². The first-order chi connectivity index (χ1) is 11.8. The summed E-state index contributed by atoms with van der Waals surface area (Å²) in [6, 6.07) is 8.08. The minimum atomic E-state index is -1.16. The number of aromatic carboxylic acids is 1. The third kappa shape index (κ3) is 3.00. The van der Waals surface area contributed by atoms with Crippen LogP contribution in [0.3, 0.4) is 0 Å². The van der Waals surface area contributed by atoms with Crippen molar-refractivity contribution in [1.82, 2.24) is 0 Å². The maximum Gasteiger partial charge on any atom is 0.335 e. The highest BCUT2D eigenvalue weighted by Crippen LogP contribution is 2.32. The number of halogens is 2. The largest absolute Gasteiger partial charge is 0.478 e. The second kappa shape index (κ2) is 6.29. The van der Waals surface area contributed by atoms with Gasteiger partial charge >= 0.3 is 5.97 Å². The van der Waals surface area contributed by atoms with E-state index in [4.69, 9.17) is 16.7 Å². The molecule has 2 aromatic carbocycles. The van der Waals surface area contributed by atoms with E-state index in [1.165, 1.54) is 48.3 Å². The van der Waals surface area contributed by atoms with Gasteiger partial charge in [0.15, 0.2) is 5.78 Å². The normalized spacial score (nSPS) is 16.8. The van der Waals surface area contributed by atoms with E-state index < -0.39 is 29.4 Å². The molecule has 1 amide bonds. The summed E-state index contributed by atoms with van der Waals surface area (Å²) in [6.07, 6.45) is 0.0543. The molecular formula is C18H13ClFNO4. The van der Waals surface area contributed by atoms with E-state index in [9.17, 15) is 18.8 Å². The molecule has 1 aliphatic rings. The van der Waals surface area contributed by atoms with Gasteiger partial charge < -0.3 is 10.0 Å². The zero-order valence-corrected chi connectivity index (χ0v) is 13.9. The molecule has 1 N–H and O–H groups in total. The molecule has 5 nitrogen and oxygen atoms in total. The fourth-order valence-corrected chi connectivity index (χ4v) is 3.10. The Morgan fingerprint density at radius 3 is 2.60 bits per heavy atom. The van der Waals surface area contributed by atoms with Gasteiger partial charge in [0.1, 0.15) is 11.7 Å². The van der Waals surface area contributed by atoms with E-state index in [1.807, 2.05) is 0 Å². The smallest absolute Gasteiger partial charge is 0.335 e. The Morgan fingerprint density at radius 2 is 1.96 bits per heavy atom. The van der Waals surface area contributed by atoms with Crippen molar-refractivity contribution in [2.45, 2.75) is 6.42 Å². The van der Waals surface area contributed by atoms with Gasteiger partial charge in [0.2, 0.25) is 5.91 Å². The van der Waals surface area contributed by atoms with E-state index in [2.05, 4.69) is 0 Å². The molecule has 2 aromatic rings. The molecule has 0 radical (unpaired) electrons. The summed E-state index contributed by atoms with van der Waals surface area (Å²) in [5.74, 6) is -3.61. The van der Waals surface area contributed by atoms with Crippen LogP contribution in [0.5, 0.6) is 0 Å². The zero-order valence-electron chi connectivity index (χ0n) is 13.1. The number of anilines is 1. The van der Waals surface area contributed by atoms with Crippen molar-refractivity contribution < 1.29 is 23.9 Å². The molecule has 0 aromatic heterocycles. The Kier molecular flexibility index (Phi) is 4.30. The van der Waals surface area contributed by atoms with Crippen LogP contribution in [0, 0.1) is 11.7 Å². The third-order valence-electron chi connectivity index (χ3n) is 4.24. The van der Waals surface area contributed by atoms with Crippen LogP contribution in [0.4, 0.5) is 10.1 Å². The van der Waals surface area contributed by atoms with Crippen LogP contribution in [-0.2, 0) is 11.2 Å². The van der Waals surface area contributed by atoms with Crippen molar-refractivity contribution in [3.05, 3.63) is 63.9 Å². The summed E-state index contributed by atoms with van der Waals surface area (Å²) in [7, 11) is 1.53. The average molecular weight is 362 g/mol. The zero-order chi connectivity index (χ0) is 18.3. The molecule has 1 aliphatic heterocycles. The lowest BCUT2D eigenvalue weighted by Gasteiger charge is -2.30. The van der Waals surface area contributed by atoms with E-state index in [1.54, 1.807) is 0 Å². The second-order valence-corrected chi connectivity index (χ2v) is 6.21. The van der Waals surface area contributed by atoms with Gasteiger partial charge in [-0.05, 0) is 42.3 Å². The van der Waals surface area contributed by atoms with Gasteiger partial charge in [0.05, 0.1) is 16.3 Å². The molecule has 25 heavy (non-hydrogen) atoms. The van der Waals surface area contributed by atoms with Crippen molar-refractivity contribution in [2.75, 3.05) is 11.9 Å². The number of hydrogen-bond acceptors (Lipinski definition) is 3. The number of carbonyl (C=O) groups excluding carboxylic acids is 2. The quantitative estimate of drug-likeness (QED) is 0.852. The monoisotopic (exact) mass is 361 g/mol. The summed E-state index contributed by atoms with van der Waals surface area (Å²) < 4.78 is 13.3. The number of ketones is 1.